The molecule has 0 spiro atoms. The highest BCUT2D eigenvalue weighted by Crippen LogP contribution is 2.12. The first-order valence-corrected chi connectivity index (χ1v) is 10.7. The molecule has 0 amide bonds. The molecule has 4 rings (SSSR count). The Labute approximate surface area is 175 Å². The predicted molar refractivity (Wildman–Crippen MR) is 121 cm³/mol. The van der Waals surface area contributed by atoms with Gasteiger partial charge in [-0.15, -0.1) is 32.9 Å². The van der Waals surface area contributed by atoms with Gasteiger partial charge < -0.3 is 0 Å². The molecule has 0 aliphatic carbocycles. The number of hydrogen-bond acceptors (Lipinski definition) is 8. The van der Waals surface area contributed by atoms with Crippen LogP contribution in [0.2, 0.25) is 0 Å². The lowest BCUT2D eigenvalue weighted by molar-refractivity contribution is 0.469. The summed E-state index contributed by atoms with van der Waals surface area (Å²) in [6.45, 7) is 17.5. The molecule has 28 heavy (non-hydrogen) atoms. The number of aromatic nitrogens is 6. The van der Waals surface area contributed by atoms with Crippen LogP contribution in [0.1, 0.15) is 55.4 Å². The maximum atomic E-state index is 4.03. The zero-order valence-corrected chi connectivity index (χ0v) is 19.6. The molecule has 6 nitrogen and oxygen atoms in total. The van der Waals surface area contributed by atoms with Crippen LogP contribution in [0.15, 0.2) is 35.5 Å². The van der Waals surface area contributed by atoms with Crippen molar-refractivity contribution in [3.63, 3.8) is 0 Å². The minimum Gasteiger partial charge on any atom is -0.243 e. The van der Waals surface area contributed by atoms with E-state index in [1.54, 1.807) is 34.8 Å². The summed E-state index contributed by atoms with van der Waals surface area (Å²) >= 11 is 3.08. The monoisotopic (exact) mass is 418 g/mol. The van der Waals surface area contributed by atoms with E-state index in [4.69, 9.17) is 0 Å². The third-order valence-corrected chi connectivity index (χ3v) is 3.55. The second-order valence-electron chi connectivity index (χ2n) is 9.15. The van der Waals surface area contributed by atoms with Crippen LogP contribution < -0.4 is 0 Å². The van der Waals surface area contributed by atoms with Crippen LogP contribution in [-0.2, 0) is 0 Å². The molecule has 0 aliphatic rings. The van der Waals surface area contributed by atoms with Crippen molar-refractivity contribution in [2.75, 3.05) is 0 Å². The zero-order chi connectivity index (χ0) is 21.2. The normalized spacial score (nSPS) is 10.9. The van der Waals surface area contributed by atoms with E-state index in [0.717, 1.165) is 20.7 Å². The van der Waals surface area contributed by atoms with E-state index in [1.807, 2.05) is 12.1 Å². The number of fused-ring (bicyclic) bond motifs is 2. The Balaban J connectivity index is 0.000000196. The van der Waals surface area contributed by atoms with Crippen molar-refractivity contribution in [3.8, 4) is 0 Å². The Bertz CT molecular complexity index is 784. The van der Waals surface area contributed by atoms with Crippen LogP contribution in [0.5, 0.6) is 0 Å². The van der Waals surface area contributed by atoms with Gasteiger partial charge in [-0.1, -0.05) is 55.4 Å². The predicted octanol–water partition coefficient (Wildman–Crippen LogP) is 6.28. The maximum Gasteiger partial charge on any atom is 0.192 e. The van der Waals surface area contributed by atoms with Crippen molar-refractivity contribution in [2.24, 2.45) is 10.8 Å². The summed E-state index contributed by atoms with van der Waals surface area (Å²) in [5.41, 5.74) is 6.19. The number of rotatable bonds is 0. The molecule has 0 aromatic carbocycles. The van der Waals surface area contributed by atoms with Gasteiger partial charge in [-0.2, -0.15) is 10.2 Å². The number of hydrogen-bond donors (Lipinski definition) is 0. The molecule has 0 aliphatic heterocycles. The first-order chi connectivity index (χ1) is 12.9. The van der Waals surface area contributed by atoms with Gasteiger partial charge in [0.2, 0.25) is 0 Å². The third-order valence-electron chi connectivity index (χ3n) is 2.04. The molecule has 0 atom stereocenters. The van der Waals surface area contributed by atoms with E-state index >= 15 is 0 Å². The van der Waals surface area contributed by atoms with Gasteiger partial charge >= 0.3 is 0 Å². The molecule has 0 radical (unpaired) electrons. The van der Waals surface area contributed by atoms with Gasteiger partial charge in [-0.25, -0.2) is 9.97 Å². The zero-order valence-electron chi connectivity index (χ0n) is 18.0. The van der Waals surface area contributed by atoms with Crippen molar-refractivity contribution >= 4 is 43.4 Å². The maximum absolute atomic E-state index is 4.03. The average Bonchev–Trinajstić information content (AvgIpc) is 3.21. The lowest BCUT2D eigenvalue weighted by atomic mass is 10.0. The van der Waals surface area contributed by atoms with Crippen LogP contribution in [0, 0.1) is 10.8 Å². The van der Waals surface area contributed by atoms with Crippen molar-refractivity contribution < 1.29 is 0 Å². The lowest BCUT2D eigenvalue weighted by Crippen LogP contribution is -1.93. The fourth-order valence-corrected chi connectivity index (χ4v) is 2.46. The van der Waals surface area contributed by atoms with Gasteiger partial charge in [0.25, 0.3) is 0 Å². The summed E-state index contributed by atoms with van der Waals surface area (Å²) in [6, 6.07) is 3.75. The molecule has 4 heterocycles. The third kappa shape index (κ3) is 12.3. The first-order valence-electron chi connectivity index (χ1n) is 8.95. The molecule has 8 heteroatoms. The van der Waals surface area contributed by atoms with E-state index < -0.39 is 0 Å². The Morgan fingerprint density at radius 1 is 0.679 bits per heavy atom. The number of nitrogens with zero attached hydrogens (tertiary/aromatic N) is 6. The largest absolute Gasteiger partial charge is 0.243 e. The molecule has 0 unspecified atom stereocenters. The molecule has 152 valence electrons. The molecule has 0 N–H and O–H groups in total. The Morgan fingerprint density at radius 2 is 1.21 bits per heavy atom. The highest BCUT2D eigenvalue weighted by atomic mass is 32.1. The summed E-state index contributed by atoms with van der Waals surface area (Å²) in [7, 11) is 0. The van der Waals surface area contributed by atoms with E-state index in [1.165, 1.54) is 11.3 Å². The number of thiazole rings is 2. The van der Waals surface area contributed by atoms with Crippen molar-refractivity contribution in [1.29, 1.82) is 0 Å². The Hall–Kier alpha value is -2.06. The summed E-state index contributed by atoms with van der Waals surface area (Å²) < 4.78 is 1.09. The van der Waals surface area contributed by atoms with E-state index in [9.17, 15) is 0 Å². The Morgan fingerprint density at radius 3 is 1.79 bits per heavy atom. The molecule has 4 aromatic rings. The lowest BCUT2D eigenvalue weighted by Gasteiger charge is -2.05. The summed E-state index contributed by atoms with van der Waals surface area (Å²) in [5.74, 6) is 0. The summed E-state index contributed by atoms with van der Waals surface area (Å²) in [5, 5.41) is 15.0. The molecular formula is C20H30N6S2. The molecule has 0 bridgehead atoms. The van der Waals surface area contributed by atoms with Crippen LogP contribution in [0.4, 0.5) is 0 Å². The molecule has 0 saturated heterocycles. The molecule has 4 aromatic heterocycles. The van der Waals surface area contributed by atoms with Crippen molar-refractivity contribution in [3.05, 3.63) is 35.5 Å². The fourth-order valence-electron chi connectivity index (χ4n) is 1.25. The Kier molecular flexibility index (Phi) is 9.48. The van der Waals surface area contributed by atoms with Crippen LogP contribution in [0.25, 0.3) is 20.7 Å². The minimum absolute atomic E-state index is 0.500. The fraction of sp³-hybridized carbons (Fsp3) is 0.500. The second-order valence-corrected chi connectivity index (χ2v) is 10.9. The molecule has 0 fully saturated rings. The van der Waals surface area contributed by atoms with Gasteiger partial charge in [0, 0.05) is 0 Å². The van der Waals surface area contributed by atoms with E-state index in [0.29, 0.717) is 10.8 Å². The smallest absolute Gasteiger partial charge is 0.192 e. The SMILES string of the molecule is CC(C)(C)C.CC(C)(C)C.c1cc2ncsc2nn1.c1cc2scnc2nn1. The van der Waals surface area contributed by atoms with Crippen molar-refractivity contribution in [1.82, 2.24) is 30.4 Å². The average molecular weight is 419 g/mol. The van der Waals surface area contributed by atoms with E-state index in [-0.39, 0.29) is 0 Å². The molecular weight excluding hydrogens is 388 g/mol. The topological polar surface area (TPSA) is 77.3 Å². The van der Waals surface area contributed by atoms with Crippen LogP contribution in [0.3, 0.4) is 0 Å². The molecule has 0 saturated carbocycles. The first kappa shape index (κ1) is 24.0. The minimum atomic E-state index is 0.500. The van der Waals surface area contributed by atoms with Crippen molar-refractivity contribution in [2.45, 2.75) is 55.4 Å². The quantitative estimate of drug-likeness (QED) is 0.334. The van der Waals surface area contributed by atoms with Gasteiger partial charge in [-0.05, 0) is 23.0 Å². The highest BCUT2D eigenvalue weighted by molar-refractivity contribution is 7.16. The van der Waals surface area contributed by atoms with Crippen LogP contribution in [-0.4, -0.2) is 30.4 Å². The second kappa shape index (κ2) is 11.1. The van der Waals surface area contributed by atoms with Gasteiger partial charge in [-0.3, -0.25) is 0 Å². The van der Waals surface area contributed by atoms with E-state index in [2.05, 4.69) is 85.8 Å². The van der Waals surface area contributed by atoms with Crippen LogP contribution >= 0.6 is 22.7 Å². The summed E-state index contributed by atoms with van der Waals surface area (Å²) in [6.07, 6.45) is 3.31. The highest BCUT2D eigenvalue weighted by Gasteiger charge is 1.96. The van der Waals surface area contributed by atoms with Gasteiger partial charge in [0.15, 0.2) is 10.5 Å². The van der Waals surface area contributed by atoms with Gasteiger partial charge in [0.1, 0.15) is 5.52 Å². The standard InChI is InChI=1S/2C5H3N3S.2C5H12/c1-2-7-8-5-4(1)9-3-6-5;1-2-7-8-5-4(1)6-3-9-5;2*1-5(2,3)4/h2*1-3H;2*1-4H3. The van der Waals surface area contributed by atoms with Gasteiger partial charge in [0.05, 0.1) is 28.1 Å². The summed E-state index contributed by atoms with van der Waals surface area (Å²) in [4.78, 5) is 8.90.